The molecular formula is C25H19FN6O2. The molecule has 0 bridgehead atoms. The lowest BCUT2D eigenvalue weighted by Crippen LogP contribution is -2.30. The third kappa shape index (κ3) is 4.31. The molecule has 3 heterocycles. The number of benzene rings is 2. The highest BCUT2D eigenvalue weighted by atomic mass is 19.1. The summed E-state index contributed by atoms with van der Waals surface area (Å²) >= 11 is 0. The molecule has 1 N–H and O–H groups in total. The summed E-state index contributed by atoms with van der Waals surface area (Å²) in [6.07, 6.45) is 2.47. The van der Waals surface area contributed by atoms with E-state index < -0.39 is 17.8 Å². The summed E-state index contributed by atoms with van der Waals surface area (Å²) in [6.45, 7) is 1.56. The minimum absolute atomic E-state index is 0.0235. The van der Waals surface area contributed by atoms with Crippen molar-refractivity contribution in [2.45, 2.75) is 13.0 Å². The van der Waals surface area contributed by atoms with E-state index in [1.165, 1.54) is 12.1 Å². The summed E-state index contributed by atoms with van der Waals surface area (Å²) in [4.78, 5) is 16.7. The van der Waals surface area contributed by atoms with Gasteiger partial charge in [0.15, 0.2) is 29.1 Å². The highest BCUT2D eigenvalue weighted by Gasteiger charge is 2.17. The first-order valence-corrected chi connectivity index (χ1v) is 10.5. The van der Waals surface area contributed by atoms with Crippen LogP contribution in [0.2, 0.25) is 0 Å². The van der Waals surface area contributed by atoms with Gasteiger partial charge in [0, 0.05) is 29.2 Å². The first kappa shape index (κ1) is 21.2. The number of ether oxygens (including phenoxy) is 1. The maximum atomic E-state index is 13.8. The number of fused-ring (bicyclic) bond motifs is 1. The number of para-hydroxylation sites is 1. The van der Waals surface area contributed by atoms with E-state index in [-0.39, 0.29) is 5.75 Å². The largest absolute Gasteiger partial charge is 0.478 e. The molecule has 5 aromatic rings. The molecule has 0 spiro atoms. The second-order valence-electron chi connectivity index (χ2n) is 7.51. The molecule has 0 aliphatic rings. The topological polar surface area (TPSA) is 94.3 Å². The maximum Gasteiger partial charge on any atom is 0.265 e. The molecule has 1 unspecified atom stereocenters. The molecule has 1 amide bonds. The Balaban J connectivity index is 1.37. The van der Waals surface area contributed by atoms with E-state index in [0.717, 1.165) is 11.1 Å². The lowest BCUT2D eigenvalue weighted by atomic mass is 10.1. The summed E-state index contributed by atoms with van der Waals surface area (Å²) in [5.41, 5.74) is 3.48. The van der Waals surface area contributed by atoms with Gasteiger partial charge in [-0.2, -0.15) is 9.61 Å². The van der Waals surface area contributed by atoms with Crippen molar-refractivity contribution in [3.05, 3.63) is 91.0 Å². The predicted molar refractivity (Wildman–Crippen MR) is 125 cm³/mol. The van der Waals surface area contributed by atoms with Crippen LogP contribution in [0.15, 0.2) is 85.2 Å². The number of nitrogens with one attached hydrogen (secondary N) is 1. The molecule has 1 atom stereocenters. The Hall–Kier alpha value is -4.66. The van der Waals surface area contributed by atoms with Crippen LogP contribution in [0.3, 0.4) is 0 Å². The summed E-state index contributed by atoms with van der Waals surface area (Å²) in [5, 5.41) is 15.9. The Kier molecular flexibility index (Phi) is 5.65. The summed E-state index contributed by atoms with van der Waals surface area (Å²) < 4.78 is 21.0. The second-order valence-corrected chi connectivity index (χ2v) is 7.51. The van der Waals surface area contributed by atoms with Gasteiger partial charge >= 0.3 is 0 Å². The molecule has 0 radical (unpaired) electrons. The zero-order valence-corrected chi connectivity index (χ0v) is 18.1. The normalized spacial score (nSPS) is 11.8. The number of carbonyl (C=O) groups excluding carboxylic acids is 1. The SMILES string of the molecule is CC(Oc1ccccc1F)C(=O)Nc1cccc(-c2ccc3nnc(-c4ccncc4)n3n2)c1. The standard InChI is InChI=1S/C25H19FN6O2/c1-16(34-22-8-3-2-7-20(22)26)25(33)28-19-6-4-5-18(15-19)21-9-10-23-29-30-24(32(23)31-21)17-11-13-27-14-12-17/h2-16H,1H3,(H,28,33). The van der Waals surface area contributed by atoms with Crippen molar-refractivity contribution in [1.82, 2.24) is 24.8 Å². The molecule has 3 aromatic heterocycles. The van der Waals surface area contributed by atoms with Crippen LogP contribution in [0, 0.1) is 5.82 Å². The molecule has 0 saturated carbocycles. The molecule has 0 aliphatic heterocycles. The van der Waals surface area contributed by atoms with Crippen LogP contribution in [-0.4, -0.2) is 36.8 Å². The van der Waals surface area contributed by atoms with Gasteiger partial charge in [0.2, 0.25) is 0 Å². The number of pyridine rings is 1. The molecule has 0 fully saturated rings. The van der Waals surface area contributed by atoms with Gasteiger partial charge in [-0.25, -0.2) is 4.39 Å². The summed E-state index contributed by atoms with van der Waals surface area (Å²) in [5.74, 6) is -0.300. The van der Waals surface area contributed by atoms with Gasteiger partial charge in [0.05, 0.1) is 5.69 Å². The van der Waals surface area contributed by atoms with Crippen molar-refractivity contribution < 1.29 is 13.9 Å². The van der Waals surface area contributed by atoms with Crippen molar-refractivity contribution in [2.75, 3.05) is 5.32 Å². The monoisotopic (exact) mass is 454 g/mol. The molecule has 2 aromatic carbocycles. The Bertz CT molecular complexity index is 1470. The number of aromatic nitrogens is 5. The van der Waals surface area contributed by atoms with E-state index in [1.54, 1.807) is 48.1 Å². The van der Waals surface area contributed by atoms with Gasteiger partial charge in [-0.05, 0) is 55.5 Å². The van der Waals surface area contributed by atoms with Crippen molar-refractivity contribution in [3.63, 3.8) is 0 Å². The van der Waals surface area contributed by atoms with Crippen molar-refractivity contribution in [3.8, 4) is 28.4 Å². The second kappa shape index (κ2) is 9.07. The van der Waals surface area contributed by atoms with Crippen LogP contribution in [0.4, 0.5) is 10.1 Å². The summed E-state index contributed by atoms with van der Waals surface area (Å²) in [6, 6.07) is 20.6. The highest BCUT2D eigenvalue weighted by molar-refractivity contribution is 5.94. The van der Waals surface area contributed by atoms with Crippen LogP contribution in [0.5, 0.6) is 5.75 Å². The first-order valence-electron chi connectivity index (χ1n) is 10.5. The molecule has 0 saturated heterocycles. The first-order chi connectivity index (χ1) is 16.6. The quantitative estimate of drug-likeness (QED) is 0.409. The number of amides is 1. The molecule has 8 nitrogen and oxygen atoms in total. The van der Waals surface area contributed by atoms with Crippen molar-refractivity contribution >= 4 is 17.2 Å². The lowest BCUT2D eigenvalue weighted by Gasteiger charge is -2.15. The fourth-order valence-corrected chi connectivity index (χ4v) is 3.41. The van der Waals surface area contributed by atoms with Crippen LogP contribution in [0.25, 0.3) is 28.3 Å². The van der Waals surface area contributed by atoms with Crippen molar-refractivity contribution in [2.24, 2.45) is 0 Å². The number of hydrogen-bond donors (Lipinski definition) is 1. The van der Waals surface area contributed by atoms with Gasteiger partial charge in [-0.1, -0.05) is 24.3 Å². The Morgan fingerprint density at radius 3 is 2.62 bits per heavy atom. The van der Waals surface area contributed by atoms with Gasteiger partial charge < -0.3 is 10.1 Å². The zero-order chi connectivity index (χ0) is 23.5. The minimum atomic E-state index is -0.894. The number of hydrogen-bond acceptors (Lipinski definition) is 6. The molecule has 0 aliphatic carbocycles. The van der Waals surface area contributed by atoms with Crippen LogP contribution < -0.4 is 10.1 Å². The molecule has 168 valence electrons. The molecule has 5 rings (SSSR count). The number of nitrogens with zero attached hydrogens (tertiary/aromatic N) is 5. The number of anilines is 1. The Morgan fingerprint density at radius 1 is 0.971 bits per heavy atom. The van der Waals surface area contributed by atoms with E-state index in [4.69, 9.17) is 9.84 Å². The van der Waals surface area contributed by atoms with E-state index in [1.807, 2.05) is 36.4 Å². The maximum absolute atomic E-state index is 13.8. The van der Waals surface area contributed by atoms with Crippen LogP contribution >= 0.6 is 0 Å². The predicted octanol–water partition coefficient (Wildman–Crippen LogP) is 4.40. The molecule has 9 heteroatoms. The summed E-state index contributed by atoms with van der Waals surface area (Å²) in [7, 11) is 0. The fraction of sp³-hybridized carbons (Fsp3) is 0.0800. The Morgan fingerprint density at radius 2 is 1.79 bits per heavy atom. The van der Waals surface area contributed by atoms with Gasteiger partial charge in [-0.15, -0.1) is 10.2 Å². The zero-order valence-electron chi connectivity index (χ0n) is 18.1. The fourth-order valence-electron chi connectivity index (χ4n) is 3.41. The van der Waals surface area contributed by atoms with E-state index in [9.17, 15) is 9.18 Å². The highest BCUT2D eigenvalue weighted by Crippen LogP contribution is 2.24. The number of carbonyl (C=O) groups is 1. The van der Waals surface area contributed by atoms with E-state index in [2.05, 4.69) is 20.5 Å². The van der Waals surface area contributed by atoms with Gasteiger partial charge in [0.1, 0.15) is 0 Å². The van der Waals surface area contributed by atoms with Gasteiger partial charge in [-0.3, -0.25) is 9.78 Å². The molecular weight excluding hydrogens is 435 g/mol. The smallest absolute Gasteiger partial charge is 0.265 e. The minimum Gasteiger partial charge on any atom is -0.478 e. The van der Waals surface area contributed by atoms with Crippen LogP contribution in [-0.2, 0) is 4.79 Å². The third-order valence-electron chi connectivity index (χ3n) is 5.14. The van der Waals surface area contributed by atoms with Gasteiger partial charge in [0.25, 0.3) is 5.91 Å². The van der Waals surface area contributed by atoms with Crippen LogP contribution in [0.1, 0.15) is 6.92 Å². The average molecular weight is 454 g/mol. The Labute approximate surface area is 194 Å². The lowest BCUT2D eigenvalue weighted by molar-refractivity contribution is -0.122. The van der Waals surface area contributed by atoms with E-state index in [0.29, 0.717) is 22.9 Å². The molecule has 34 heavy (non-hydrogen) atoms. The number of halogens is 1. The number of rotatable bonds is 6. The van der Waals surface area contributed by atoms with Crippen molar-refractivity contribution in [1.29, 1.82) is 0 Å². The average Bonchev–Trinajstić information content (AvgIpc) is 3.29. The van der Waals surface area contributed by atoms with E-state index >= 15 is 0 Å². The third-order valence-corrected chi connectivity index (χ3v) is 5.14.